The van der Waals surface area contributed by atoms with Gasteiger partial charge in [0, 0.05) is 0 Å². The summed E-state index contributed by atoms with van der Waals surface area (Å²) >= 11 is 0. The number of allylic oxidation sites excluding steroid dienone is 1. The average Bonchev–Trinajstić information content (AvgIpc) is 2.13. The second-order valence-corrected chi connectivity index (χ2v) is 3.61. The van der Waals surface area contributed by atoms with Gasteiger partial charge in [-0.05, 0) is 43.3 Å². The number of rotatable bonds is 2. The lowest BCUT2D eigenvalue weighted by Crippen LogP contribution is -1.88. The highest BCUT2D eigenvalue weighted by Gasteiger charge is 2.06. The van der Waals surface area contributed by atoms with Crippen LogP contribution in [0.25, 0.3) is 0 Å². The van der Waals surface area contributed by atoms with E-state index in [1.165, 1.54) is 30.4 Å². The molecule has 0 saturated heterocycles. The van der Waals surface area contributed by atoms with E-state index in [1.807, 2.05) is 0 Å². The summed E-state index contributed by atoms with van der Waals surface area (Å²) < 4.78 is 0. The van der Waals surface area contributed by atoms with Gasteiger partial charge in [0.1, 0.15) is 0 Å². The van der Waals surface area contributed by atoms with Gasteiger partial charge in [-0.1, -0.05) is 13.8 Å². The lowest BCUT2D eigenvalue weighted by Gasteiger charge is -2.02. The second-order valence-electron chi connectivity index (χ2n) is 3.61. The predicted octanol–water partition coefficient (Wildman–Crippen LogP) is 3.30. The van der Waals surface area contributed by atoms with Crippen molar-refractivity contribution in [3.8, 4) is 0 Å². The molecule has 1 aliphatic rings. The minimum atomic E-state index is 0.799. The molecule has 0 heteroatoms. The van der Waals surface area contributed by atoms with Crippen LogP contribution >= 0.6 is 0 Å². The topological polar surface area (TPSA) is 0 Å². The summed E-state index contributed by atoms with van der Waals surface area (Å²) in [6, 6.07) is 0. The summed E-state index contributed by atoms with van der Waals surface area (Å²) in [7, 11) is 0. The van der Waals surface area contributed by atoms with Crippen molar-refractivity contribution in [2.45, 2.75) is 40.0 Å². The Morgan fingerprint density at radius 2 is 2.10 bits per heavy atom. The lowest BCUT2D eigenvalue weighted by atomic mass is 10.0. The van der Waals surface area contributed by atoms with E-state index in [0.29, 0.717) is 0 Å². The van der Waals surface area contributed by atoms with Gasteiger partial charge in [-0.15, -0.1) is 5.73 Å². The Balaban J connectivity index is 2.51. The van der Waals surface area contributed by atoms with Crippen LogP contribution < -0.4 is 0 Å². The van der Waals surface area contributed by atoms with E-state index in [0.717, 1.165) is 5.92 Å². The maximum absolute atomic E-state index is 3.42. The summed E-state index contributed by atoms with van der Waals surface area (Å²) in [4.78, 5) is 0. The Bertz CT molecular complexity index is 178. The summed E-state index contributed by atoms with van der Waals surface area (Å²) in [5.74, 6) is 0.799. The molecule has 0 aromatic rings. The first-order valence-electron chi connectivity index (χ1n) is 4.12. The lowest BCUT2D eigenvalue weighted by molar-refractivity contribution is 0.630. The first kappa shape index (κ1) is 7.63. The predicted molar refractivity (Wildman–Crippen MR) is 44.9 cm³/mol. The second kappa shape index (κ2) is 3.07. The molecule has 0 heterocycles. The molecule has 0 radical (unpaired) electrons. The zero-order valence-electron chi connectivity index (χ0n) is 7.20. The van der Waals surface area contributed by atoms with Crippen LogP contribution in [-0.4, -0.2) is 0 Å². The van der Waals surface area contributed by atoms with E-state index in [9.17, 15) is 0 Å². The summed E-state index contributed by atoms with van der Waals surface area (Å²) in [5.41, 5.74) is 6.39. The van der Waals surface area contributed by atoms with Crippen LogP contribution in [0.1, 0.15) is 40.0 Å². The molecule has 0 aliphatic heterocycles. The van der Waals surface area contributed by atoms with Crippen molar-refractivity contribution in [1.82, 2.24) is 0 Å². The van der Waals surface area contributed by atoms with Gasteiger partial charge in [0.2, 0.25) is 0 Å². The highest BCUT2D eigenvalue weighted by atomic mass is 14.1. The van der Waals surface area contributed by atoms with Crippen LogP contribution in [0.4, 0.5) is 0 Å². The summed E-state index contributed by atoms with van der Waals surface area (Å²) in [6.07, 6.45) is 3.77. The third-order valence-electron chi connectivity index (χ3n) is 1.85. The van der Waals surface area contributed by atoms with Crippen LogP contribution in [0.15, 0.2) is 16.9 Å². The monoisotopic (exact) mass is 136 g/mol. The molecule has 0 atom stereocenters. The summed E-state index contributed by atoms with van der Waals surface area (Å²) in [5, 5.41) is 0. The molecule has 0 amide bonds. The van der Waals surface area contributed by atoms with Gasteiger partial charge in [-0.2, -0.15) is 0 Å². The largest absolute Gasteiger partial charge is 0.123 e. The van der Waals surface area contributed by atoms with Crippen LogP contribution in [0.5, 0.6) is 0 Å². The SMILES string of the molecule is CC1=C=C(CC(C)C)CC1. The molecule has 0 bridgehead atoms. The molecule has 0 spiro atoms. The van der Waals surface area contributed by atoms with E-state index in [-0.39, 0.29) is 0 Å². The van der Waals surface area contributed by atoms with E-state index >= 15 is 0 Å². The maximum Gasteiger partial charge on any atom is -0.0200 e. The first-order valence-corrected chi connectivity index (χ1v) is 4.12. The van der Waals surface area contributed by atoms with Crippen LogP contribution in [0.2, 0.25) is 0 Å². The fraction of sp³-hybridized carbons (Fsp3) is 0.700. The molecule has 0 saturated carbocycles. The van der Waals surface area contributed by atoms with Crippen molar-refractivity contribution in [3.63, 3.8) is 0 Å². The molecule has 0 aromatic heterocycles. The first-order chi connectivity index (χ1) is 4.68. The minimum absolute atomic E-state index is 0.799. The van der Waals surface area contributed by atoms with Gasteiger partial charge in [0.05, 0.1) is 0 Å². The highest BCUT2D eigenvalue weighted by Crippen LogP contribution is 2.23. The molecule has 56 valence electrons. The fourth-order valence-corrected chi connectivity index (χ4v) is 1.41. The van der Waals surface area contributed by atoms with E-state index in [1.54, 1.807) is 0 Å². The van der Waals surface area contributed by atoms with Crippen molar-refractivity contribution in [2.75, 3.05) is 0 Å². The Labute approximate surface area is 63.6 Å². The van der Waals surface area contributed by atoms with E-state index in [4.69, 9.17) is 0 Å². The summed E-state index contributed by atoms with van der Waals surface area (Å²) in [6.45, 7) is 6.71. The molecule has 1 aliphatic carbocycles. The van der Waals surface area contributed by atoms with Gasteiger partial charge >= 0.3 is 0 Å². The molecule has 10 heavy (non-hydrogen) atoms. The number of hydrogen-bond acceptors (Lipinski definition) is 0. The smallest absolute Gasteiger partial charge is 0.0200 e. The molecular formula is C10H16. The Morgan fingerprint density at radius 1 is 1.40 bits per heavy atom. The van der Waals surface area contributed by atoms with Gasteiger partial charge in [0.25, 0.3) is 0 Å². The molecule has 0 fully saturated rings. The number of hydrogen-bond donors (Lipinski definition) is 0. The third kappa shape index (κ3) is 2.04. The molecule has 0 aromatic carbocycles. The van der Waals surface area contributed by atoms with Crippen molar-refractivity contribution in [1.29, 1.82) is 0 Å². The minimum Gasteiger partial charge on any atom is -0.123 e. The van der Waals surface area contributed by atoms with E-state index in [2.05, 4.69) is 26.5 Å². The average molecular weight is 136 g/mol. The van der Waals surface area contributed by atoms with Gasteiger partial charge in [-0.3, -0.25) is 0 Å². The standard InChI is InChI=1S/C10H16/c1-8(2)6-10-5-4-9(3)7-10/h8H,4-6H2,1-3H3. The highest BCUT2D eigenvalue weighted by molar-refractivity contribution is 5.16. The third-order valence-corrected chi connectivity index (χ3v) is 1.85. The molecular weight excluding hydrogens is 120 g/mol. The molecule has 1 rings (SSSR count). The van der Waals surface area contributed by atoms with E-state index < -0.39 is 0 Å². The zero-order valence-corrected chi connectivity index (χ0v) is 7.20. The zero-order chi connectivity index (χ0) is 7.56. The molecule has 0 N–H and O–H groups in total. The fourth-order valence-electron chi connectivity index (χ4n) is 1.41. The van der Waals surface area contributed by atoms with Crippen molar-refractivity contribution >= 4 is 0 Å². The Hall–Kier alpha value is -0.480. The van der Waals surface area contributed by atoms with Crippen molar-refractivity contribution in [2.24, 2.45) is 5.92 Å². The van der Waals surface area contributed by atoms with Gasteiger partial charge in [-0.25, -0.2) is 0 Å². The maximum atomic E-state index is 3.42. The van der Waals surface area contributed by atoms with Gasteiger partial charge < -0.3 is 0 Å². The normalized spacial score (nSPS) is 17.6. The van der Waals surface area contributed by atoms with Crippen LogP contribution in [-0.2, 0) is 0 Å². The quantitative estimate of drug-likeness (QED) is 0.511. The molecule has 0 nitrogen and oxygen atoms in total. The van der Waals surface area contributed by atoms with Crippen molar-refractivity contribution in [3.05, 3.63) is 16.9 Å². The van der Waals surface area contributed by atoms with Crippen molar-refractivity contribution < 1.29 is 0 Å². The Morgan fingerprint density at radius 3 is 2.50 bits per heavy atom. The Kier molecular flexibility index (Phi) is 2.34. The van der Waals surface area contributed by atoms with Crippen LogP contribution in [0.3, 0.4) is 0 Å². The van der Waals surface area contributed by atoms with Crippen LogP contribution in [0, 0.1) is 5.92 Å². The molecule has 0 unspecified atom stereocenters. The van der Waals surface area contributed by atoms with Gasteiger partial charge in [0.15, 0.2) is 0 Å².